The van der Waals surface area contributed by atoms with Crippen LogP contribution in [0.3, 0.4) is 0 Å². The number of aliphatic hydroxyl groups excluding tert-OH is 1. The molecule has 0 amide bonds. The minimum Gasteiger partial charge on any atom is -0.507 e. The molecule has 1 fully saturated rings. The first-order valence-corrected chi connectivity index (χ1v) is 10.5. The lowest BCUT2D eigenvalue weighted by molar-refractivity contribution is 0.0630. The lowest BCUT2D eigenvalue weighted by Gasteiger charge is -2.34. The maximum Gasteiger partial charge on any atom is 0.197 e. The Morgan fingerprint density at radius 3 is 2.66 bits per heavy atom. The molecule has 2 aromatic carbocycles. The van der Waals surface area contributed by atoms with E-state index in [2.05, 4.69) is 0 Å². The molecule has 0 saturated carbocycles. The lowest BCUT2D eigenvalue weighted by Crippen LogP contribution is -2.40. The Morgan fingerprint density at radius 2 is 1.93 bits per heavy atom. The summed E-state index contributed by atoms with van der Waals surface area (Å²) < 4.78 is 6.00. The van der Waals surface area contributed by atoms with E-state index in [4.69, 9.17) is 4.42 Å². The van der Waals surface area contributed by atoms with Gasteiger partial charge in [0.05, 0.1) is 6.10 Å². The van der Waals surface area contributed by atoms with Gasteiger partial charge in [0.2, 0.25) is 0 Å². The van der Waals surface area contributed by atoms with Crippen LogP contribution in [-0.2, 0) is 5.75 Å². The molecule has 0 spiro atoms. The number of piperidine rings is 1. The van der Waals surface area contributed by atoms with Crippen LogP contribution in [0.1, 0.15) is 23.5 Å². The molecule has 1 aliphatic heterocycles. The highest BCUT2D eigenvalue weighted by Gasteiger charge is 2.32. The summed E-state index contributed by atoms with van der Waals surface area (Å²) in [6.45, 7) is 1.20. The minimum absolute atomic E-state index is 0.0352. The van der Waals surface area contributed by atoms with Gasteiger partial charge in [-0.2, -0.15) is 0 Å². The van der Waals surface area contributed by atoms with Gasteiger partial charge in [-0.05, 0) is 25.6 Å². The molecule has 3 N–H and O–H groups in total. The van der Waals surface area contributed by atoms with Crippen molar-refractivity contribution in [2.24, 2.45) is 0 Å². The second-order valence-corrected chi connectivity index (χ2v) is 8.44. The Hall–Kier alpha value is -2.48. The van der Waals surface area contributed by atoms with Gasteiger partial charge in [-0.15, -0.1) is 0 Å². The molecule has 152 valence electrons. The van der Waals surface area contributed by atoms with Crippen molar-refractivity contribution in [2.45, 2.75) is 29.3 Å². The van der Waals surface area contributed by atoms with Crippen molar-refractivity contribution in [3.63, 3.8) is 0 Å². The third kappa shape index (κ3) is 3.99. The first-order chi connectivity index (χ1) is 13.9. The van der Waals surface area contributed by atoms with E-state index in [9.17, 15) is 20.1 Å². The average molecular weight is 413 g/mol. The molecule has 0 bridgehead atoms. The Balaban J connectivity index is 1.78. The predicted octanol–water partition coefficient (Wildman–Crippen LogP) is 3.28. The number of hydrogen-bond donors (Lipinski definition) is 3. The first kappa shape index (κ1) is 19.8. The number of phenolic OH excluding ortho intramolecular Hbond substituents is 2. The summed E-state index contributed by atoms with van der Waals surface area (Å²) >= 11 is 1.37. The number of nitrogens with zero attached hydrogens (tertiary/aromatic N) is 1. The second-order valence-electron chi connectivity index (χ2n) is 7.46. The average Bonchev–Trinajstić information content (AvgIpc) is 2.68. The number of likely N-dealkylation sites (N-methyl/N-ethyl adjacent to an activating group) is 1. The summed E-state index contributed by atoms with van der Waals surface area (Å²) in [5, 5.41) is 31.9. The predicted molar refractivity (Wildman–Crippen MR) is 113 cm³/mol. The summed E-state index contributed by atoms with van der Waals surface area (Å²) in [5.74, 6) is -0.257. The van der Waals surface area contributed by atoms with Gasteiger partial charge in [-0.3, -0.25) is 4.79 Å². The molecule has 3 aromatic rings. The summed E-state index contributed by atoms with van der Waals surface area (Å²) in [7, 11) is 1.92. The van der Waals surface area contributed by atoms with E-state index in [1.165, 1.54) is 17.8 Å². The van der Waals surface area contributed by atoms with E-state index < -0.39 is 6.10 Å². The zero-order valence-electron chi connectivity index (χ0n) is 16.0. The number of benzene rings is 2. The van der Waals surface area contributed by atoms with Crippen molar-refractivity contribution in [3.8, 4) is 11.5 Å². The SMILES string of the molecule is CN1CC[C@H](c2c(O)cc(O)c3c(=O)cc(SCc4ccccc4)oc23)[C@H](O)C1. The van der Waals surface area contributed by atoms with E-state index in [0.717, 1.165) is 18.2 Å². The molecular weight excluding hydrogens is 390 g/mol. The monoisotopic (exact) mass is 413 g/mol. The highest BCUT2D eigenvalue weighted by Crippen LogP contribution is 2.42. The summed E-state index contributed by atoms with van der Waals surface area (Å²) in [4.78, 5) is 14.7. The maximum absolute atomic E-state index is 12.7. The number of fused-ring (bicyclic) bond motifs is 1. The van der Waals surface area contributed by atoms with Crippen molar-refractivity contribution >= 4 is 22.7 Å². The maximum atomic E-state index is 12.7. The molecule has 4 rings (SSSR count). The number of hydrogen-bond acceptors (Lipinski definition) is 7. The van der Waals surface area contributed by atoms with Gasteiger partial charge in [-0.1, -0.05) is 42.1 Å². The van der Waals surface area contributed by atoms with Gasteiger partial charge in [0.1, 0.15) is 22.5 Å². The van der Waals surface area contributed by atoms with Crippen LogP contribution in [0.4, 0.5) is 0 Å². The first-order valence-electron chi connectivity index (χ1n) is 9.50. The van der Waals surface area contributed by atoms with Crippen LogP contribution in [0.25, 0.3) is 11.0 Å². The third-order valence-corrected chi connectivity index (χ3v) is 6.32. The Bertz CT molecular complexity index is 1080. The Morgan fingerprint density at radius 1 is 1.17 bits per heavy atom. The van der Waals surface area contributed by atoms with Crippen LogP contribution in [-0.4, -0.2) is 46.5 Å². The topological polar surface area (TPSA) is 94.1 Å². The number of likely N-dealkylation sites (tertiary alicyclic amines) is 1. The van der Waals surface area contributed by atoms with E-state index in [-0.39, 0.29) is 33.8 Å². The quantitative estimate of drug-likeness (QED) is 0.565. The van der Waals surface area contributed by atoms with Gasteiger partial charge in [-0.25, -0.2) is 0 Å². The van der Waals surface area contributed by atoms with Crippen LogP contribution in [0, 0.1) is 0 Å². The number of phenols is 2. The third-order valence-electron chi connectivity index (χ3n) is 5.35. The highest BCUT2D eigenvalue weighted by atomic mass is 32.2. The molecule has 29 heavy (non-hydrogen) atoms. The van der Waals surface area contributed by atoms with Gasteiger partial charge in [0, 0.05) is 35.9 Å². The molecule has 2 atom stereocenters. The van der Waals surface area contributed by atoms with Gasteiger partial charge in [0.25, 0.3) is 0 Å². The van der Waals surface area contributed by atoms with Gasteiger partial charge in [0.15, 0.2) is 10.5 Å². The van der Waals surface area contributed by atoms with Gasteiger partial charge >= 0.3 is 0 Å². The van der Waals surface area contributed by atoms with Crippen molar-refractivity contribution < 1.29 is 19.7 Å². The molecule has 6 nitrogen and oxygen atoms in total. The van der Waals surface area contributed by atoms with Crippen molar-refractivity contribution in [2.75, 3.05) is 20.1 Å². The number of β-amino-alcohol motifs (C(OH)–C–C–N with tert-alkyl or cyclic N) is 1. The molecular formula is C22H23NO5S. The highest BCUT2D eigenvalue weighted by molar-refractivity contribution is 7.98. The van der Waals surface area contributed by atoms with E-state index >= 15 is 0 Å². The molecule has 1 aliphatic rings. The standard InChI is InChI=1S/C22H23NO5S/c1-23-8-7-14(18(27)11-23)20-15(24)9-16(25)21-17(26)10-19(28-22(20)21)29-12-13-5-3-2-4-6-13/h2-6,9-10,14,18,24-25,27H,7-8,11-12H2,1H3/t14-,18+/m0/s1. The number of thioether (sulfide) groups is 1. The number of rotatable bonds is 4. The lowest BCUT2D eigenvalue weighted by atomic mass is 9.85. The summed E-state index contributed by atoms with van der Waals surface area (Å²) in [5.41, 5.74) is 1.25. The van der Waals surface area contributed by atoms with Crippen LogP contribution in [0.2, 0.25) is 0 Å². The summed E-state index contributed by atoms with van der Waals surface area (Å²) in [6.07, 6.45) is -0.103. The molecule has 1 saturated heterocycles. The Kier molecular flexibility index (Phi) is 5.54. The fourth-order valence-corrected chi connectivity index (χ4v) is 4.72. The smallest absolute Gasteiger partial charge is 0.197 e. The second kappa shape index (κ2) is 8.10. The molecule has 7 heteroatoms. The Labute approximate surface area is 172 Å². The van der Waals surface area contributed by atoms with E-state index in [1.54, 1.807) is 0 Å². The molecule has 2 heterocycles. The minimum atomic E-state index is -0.710. The van der Waals surface area contributed by atoms with E-state index in [0.29, 0.717) is 29.4 Å². The molecule has 0 aliphatic carbocycles. The van der Waals surface area contributed by atoms with Crippen LogP contribution in [0.5, 0.6) is 11.5 Å². The fourth-order valence-electron chi connectivity index (χ4n) is 3.88. The molecule has 0 unspecified atom stereocenters. The van der Waals surface area contributed by atoms with Crippen LogP contribution >= 0.6 is 11.8 Å². The van der Waals surface area contributed by atoms with E-state index in [1.807, 2.05) is 42.3 Å². The van der Waals surface area contributed by atoms with Crippen molar-refractivity contribution in [1.82, 2.24) is 4.90 Å². The summed E-state index contributed by atoms with van der Waals surface area (Å²) in [6, 6.07) is 12.3. The zero-order chi connectivity index (χ0) is 20.5. The normalized spacial score (nSPS) is 20.2. The van der Waals surface area contributed by atoms with Crippen LogP contribution in [0.15, 0.2) is 56.8 Å². The zero-order valence-corrected chi connectivity index (χ0v) is 16.9. The van der Waals surface area contributed by atoms with Gasteiger partial charge < -0.3 is 24.6 Å². The number of aliphatic hydroxyl groups is 1. The molecule has 1 aromatic heterocycles. The molecule has 0 radical (unpaired) electrons. The largest absolute Gasteiger partial charge is 0.507 e. The van der Waals surface area contributed by atoms with Crippen molar-refractivity contribution in [3.05, 3.63) is 63.8 Å². The number of aromatic hydroxyl groups is 2. The fraction of sp³-hybridized carbons (Fsp3) is 0.318. The van der Waals surface area contributed by atoms with Crippen molar-refractivity contribution in [1.29, 1.82) is 0 Å². The van der Waals surface area contributed by atoms with Crippen LogP contribution < -0.4 is 5.43 Å².